The van der Waals surface area contributed by atoms with Gasteiger partial charge in [0.25, 0.3) is 0 Å². The van der Waals surface area contributed by atoms with Crippen LogP contribution in [-0.2, 0) is 6.61 Å². The van der Waals surface area contributed by atoms with Gasteiger partial charge in [-0.05, 0) is 43.2 Å². The van der Waals surface area contributed by atoms with Gasteiger partial charge in [0.05, 0.1) is 0 Å². The summed E-state index contributed by atoms with van der Waals surface area (Å²) in [6.07, 6.45) is 1.63. The molecule has 17 heavy (non-hydrogen) atoms. The lowest BCUT2D eigenvalue weighted by molar-refractivity contribution is 0.296. The summed E-state index contributed by atoms with van der Waals surface area (Å²) in [7, 11) is 0. The monoisotopic (exact) mass is 229 g/mol. The first kappa shape index (κ1) is 11.4. The molecule has 88 valence electrons. The van der Waals surface area contributed by atoms with Crippen LogP contribution in [0.2, 0.25) is 0 Å². The maximum Gasteiger partial charge on any atom is 0.168 e. The van der Waals surface area contributed by atoms with Gasteiger partial charge in [-0.1, -0.05) is 6.07 Å². The summed E-state index contributed by atoms with van der Waals surface area (Å²) in [5.41, 5.74) is 8.02. The molecule has 0 aliphatic carbocycles. The van der Waals surface area contributed by atoms with Crippen molar-refractivity contribution < 1.29 is 4.74 Å². The van der Waals surface area contributed by atoms with Gasteiger partial charge in [0.2, 0.25) is 0 Å². The normalized spacial score (nSPS) is 10.2. The highest BCUT2D eigenvalue weighted by Gasteiger charge is 2.00. The third-order valence-electron chi connectivity index (χ3n) is 2.57. The Morgan fingerprint density at radius 3 is 2.71 bits per heavy atom. The second-order valence-corrected chi connectivity index (χ2v) is 3.93. The molecule has 0 saturated carbocycles. The van der Waals surface area contributed by atoms with Gasteiger partial charge >= 0.3 is 0 Å². The van der Waals surface area contributed by atoms with Gasteiger partial charge < -0.3 is 10.5 Å². The van der Waals surface area contributed by atoms with Crippen LogP contribution in [0.15, 0.2) is 30.5 Å². The minimum atomic E-state index is 0.327. The van der Waals surface area contributed by atoms with Crippen molar-refractivity contribution in [1.29, 1.82) is 0 Å². The molecule has 4 heteroatoms. The summed E-state index contributed by atoms with van der Waals surface area (Å²) in [5, 5.41) is 0. The molecule has 4 nitrogen and oxygen atoms in total. The van der Waals surface area contributed by atoms with Crippen LogP contribution in [0.4, 0.5) is 5.82 Å². The van der Waals surface area contributed by atoms with Gasteiger partial charge in [-0.25, -0.2) is 9.97 Å². The first-order valence-electron chi connectivity index (χ1n) is 5.42. The lowest BCUT2D eigenvalue weighted by atomic mass is 10.1. The first-order valence-corrected chi connectivity index (χ1v) is 5.42. The van der Waals surface area contributed by atoms with Crippen molar-refractivity contribution in [3.63, 3.8) is 0 Å². The van der Waals surface area contributed by atoms with E-state index < -0.39 is 0 Å². The average molecular weight is 229 g/mol. The van der Waals surface area contributed by atoms with E-state index in [1.165, 1.54) is 11.1 Å². The van der Waals surface area contributed by atoms with Crippen molar-refractivity contribution in [2.24, 2.45) is 0 Å². The van der Waals surface area contributed by atoms with Crippen LogP contribution >= 0.6 is 0 Å². The maximum atomic E-state index is 5.60. The van der Waals surface area contributed by atoms with E-state index in [1.807, 2.05) is 18.2 Å². The van der Waals surface area contributed by atoms with Crippen LogP contribution in [-0.4, -0.2) is 9.97 Å². The molecule has 0 aliphatic rings. The third kappa shape index (κ3) is 2.93. The minimum Gasteiger partial charge on any atom is -0.486 e. The Morgan fingerprint density at radius 2 is 2.00 bits per heavy atom. The molecule has 0 saturated heterocycles. The maximum absolute atomic E-state index is 5.60. The van der Waals surface area contributed by atoms with E-state index in [4.69, 9.17) is 10.5 Å². The lowest BCUT2D eigenvalue weighted by Crippen LogP contribution is -2.03. The van der Waals surface area contributed by atoms with Crippen molar-refractivity contribution in [2.45, 2.75) is 20.5 Å². The molecule has 0 spiro atoms. The Hall–Kier alpha value is -2.10. The molecule has 2 rings (SSSR count). The van der Waals surface area contributed by atoms with E-state index in [1.54, 1.807) is 12.3 Å². The molecular weight excluding hydrogens is 214 g/mol. The Bertz CT molecular complexity index is 526. The van der Waals surface area contributed by atoms with Gasteiger partial charge in [-0.15, -0.1) is 0 Å². The van der Waals surface area contributed by atoms with Gasteiger partial charge in [0.1, 0.15) is 18.2 Å². The molecule has 1 aromatic heterocycles. The summed E-state index contributed by atoms with van der Waals surface area (Å²) in [6, 6.07) is 7.63. The highest BCUT2D eigenvalue weighted by Crippen LogP contribution is 2.17. The second-order valence-electron chi connectivity index (χ2n) is 3.93. The number of nitrogens with zero attached hydrogens (tertiary/aromatic N) is 2. The van der Waals surface area contributed by atoms with Crippen molar-refractivity contribution in [3.8, 4) is 5.75 Å². The number of hydrogen-bond acceptors (Lipinski definition) is 4. The molecule has 0 aliphatic heterocycles. The van der Waals surface area contributed by atoms with E-state index in [2.05, 4.69) is 23.8 Å². The van der Waals surface area contributed by atoms with Crippen molar-refractivity contribution in [1.82, 2.24) is 9.97 Å². The molecule has 2 N–H and O–H groups in total. The molecule has 0 bridgehead atoms. The standard InChI is InChI=1S/C13H15N3O/c1-9-3-4-11(7-10(9)2)17-8-13-15-6-5-12(14)16-13/h3-7H,8H2,1-2H3,(H2,14,15,16). The fraction of sp³-hybridized carbons (Fsp3) is 0.231. The van der Waals surface area contributed by atoms with Crippen LogP contribution in [0, 0.1) is 13.8 Å². The lowest BCUT2D eigenvalue weighted by Gasteiger charge is -2.07. The molecule has 0 unspecified atom stereocenters. The quantitative estimate of drug-likeness (QED) is 0.876. The second kappa shape index (κ2) is 4.82. The van der Waals surface area contributed by atoms with E-state index in [9.17, 15) is 0 Å². The van der Waals surface area contributed by atoms with Gasteiger partial charge in [0.15, 0.2) is 5.82 Å². The predicted octanol–water partition coefficient (Wildman–Crippen LogP) is 2.25. The summed E-state index contributed by atoms with van der Waals surface area (Å²) >= 11 is 0. The molecule has 1 aromatic carbocycles. The number of aromatic nitrogens is 2. The molecule has 0 atom stereocenters. The third-order valence-corrected chi connectivity index (χ3v) is 2.57. The molecule has 0 radical (unpaired) electrons. The number of nitrogen functional groups attached to an aromatic ring is 1. The zero-order chi connectivity index (χ0) is 12.3. The van der Waals surface area contributed by atoms with Crippen LogP contribution in [0.25, 0.3) is 0 Å². The van der Waals surface area contributed by atoms with E-state index in [0.29, 0.717) is 18.2 Å². The molecular formula is C13H15N3O. The Labute approximate surface area is 100 Å². The van der Waals surface area contributed by atoms with Gasteiger partial charge in [-0.3, -0.25) is 0 Å². The fourth-order valence-corrected chi connectivity index (χ4v) is 1.44. The molecule has 2 aromatic rings. The predicted molar refractivity (Wildman–Crippen MR) is 66.7 cm³/mol. The average Bonchev–Trinajstić information content (AvgIpc) is 2.31. The highest BCUT2D eigenvalue weighted by atomic mass is 16.5. The smallest absolute Gasteiger partial charge is 0.168 e. The Morgan fingerprint density at radius 1 is 1.18 bits per heavy atom. The zero-order valence-corrected chi connectivity index (χ0v) is 9.97. The van der Waals surface area contributed by atoms with E-state index in [0.717, 1.165) is 5.75 Å². The number of aryl methyl sites for hydroxylation is 2. The highest BCUT2D eigenvalue weighted by molar-refractivity contribution is 5.33. The van der Waals surface area contributed by atoms with Crippen molar-refractivity contribution in [2.75, 3.05) is 5.73 Å². The van der Waals surface area contributed by atoms with E-state index >= 15 is 0 Å². The Kier molecular flexibility index (Phi) is 3.23. The largest absolute Gasteiger partial charge is 0.486 e. The van der Waals surface area contributed by atoms with Crippen molar-refractivity contribution >= 4 is 5.82 Å². The molecule has 1 heterocycles. The van der Waals surface area contributed by atoms with Crippen LogP contribution in [0.3, 0.4) is 0 Å². The number of hydrogen-bond donors (Lipinski definition) is 1. The summed E-state index contributed by atoms with van der Waals surface area (Å²) in [4.78, 5) is 8.15. The number of rotatable bonds is 3. The summed E-state index contributed by atoms with van der Waals surface area (Å²) in [5.74, 6) is 1.86. The molecule has 0 fully saturated rings. The summed E-state index contributed by atoms with van der Waals surface area (Å²) in [6.45, 7) is 4.45. The first-order chi connectivity index (χ1) is 8.15. The number of anilines is 1. The number of nitrogens with two attached hydrogens (primary N) is 1. The summed E-state index contributed by atoms with van der Waals surface area (Å²) < 4.78 is 5.60. The van der Waals surface area contributed by atoms with Gasteiger partial charge in [-0.2, -0.15) is 0 Å². The topological polar surface area (TPSA) is 61.0 Å². The van der Waals surface area contributed by atoms with Crippen molar-refractivity contribution in [3.05, 3.63) is 47.4 Å². The fourth-order valence-electron chi connectivity index (χ4n) is 1.44. The zero-order valence-electron chi connectivity index (χ0n) is 9.97. The Balaban J connectivity index is 2.05. The number of ether oxygens (including phenoxy) is 1. The van der Waals surface area contributed by atoms with E-state index in [-0.39, 0.29) is 0 Å². The van der Waals surface area contributed by atoms with Crippen LogP contribution in [0.5, 0.6) is 5.75 Å². The molecule has 0 amide bonds. The minimum absolute atomic E-state index is 0.327. The van der Waals surface area contributed by atoms with Gasteiger partial charge in [0, 0.05) is 6.20 Å². The van der Waals surface area contributed by atoms with Crippen LogP contribution in [0.1, 0.15) is 17.0 Å². The SMILES string of the molecule is Cc1ccc(OCc2nccc(N)n2)cc1C. The van der Waals surface area contributed by atoms with Crippen LogP contribution < -0.4 is 10.5 Å². The number of benzene rings is 1.